The molecule has 8 heteroatoms. The Kier molecular flexibility index (Phi) is 6.06. The third kappa shape index (κ3) is 4.85. The van der Waals surface area contributed by atoms with Crippen LogP contribution >= 0.6 is 0 Å². The molecule has 0 aromatic heterocycles. The Morgan fingerprint density at radius 3 is 2.58 bits per heavy atom. The van der Waals surface area contributed by atoms with Gasteiger partial charge in [0.05, 0.1) is 12.0 Å². The van der Waals surface area contributed by atoms with E-state index >= 15 is 0 Å². The number of rotatable bonds is 6. The van der Waals surface area contributed by atoms with Crippen LogP contribution in [0.5, 0.6) is 5.75 Å². The summed E-state index contributed by atoms with van der Waals surface area (Å²) in [5, 5.41) is 5.91. The topological polar surface area (TPSA) is 59.6 Å². The summed E-state index contributed by atoms with van der Waals surface area (Å²) in [4.78, 5) is 12.6. The van der Waals surface area contributed by atoms with Crippen LogP contribution in [0.4, 0.5) is 13.2 Å². The Hall–Kier alpha value is -1.80. The first-order chi connectivity index (χ1) is 11.4. The van der Waals surface area contributed by atoms with Crippen molar-refractivity contribution < 1.29 is 27.4 Å². The molecule has 134 valence electrons. The van der Waals surface area contributed by atoms with Crippen molar-refractivity contribution in [1.82, 2.24) is 10.6 Å². The summed E-state index contributed by atoms with van der Waals surface area (Å²) in [5.41, 5.74) is -0.385. The second-order valence-electron chi connectivity index (χ2n) is 5.80. The molecule has 1 aliphatic heterocycles. The van der Waals surface area contributed by atoms with E-state index in [-0.39, 0.29) is 30.4 Å². The third-order valence-electron chi connectivity index (χ3n) is 4.10. The van der Waals surface area contributed by atoms with Gasteiger partial charge in [-0.3, -0.25) is 4.79 Å². The quantitative estimate of drug-likeness (QED) is 0.829. The number of hydrogen-bond acceptors (Lipinski definition) is 4. The van der Waals surface area contributed by atoms with Gasteiger partial charge < -0.3 is 20.1 Å². The number of piperidine rings is 1. The van der Waals surface area contributed by atoms with E-state index in [9.17, 15) is 18.0 Å². The van der Waals surface area contributed by atoms with Crippen LogP contribution in [0.3, 0.4) is 0 Å². The average Bonchev–Trinajstić information content (AvgIpc) is 2.53. The largest absolute Gasteiger partial charge is 0.573 e. The molecule has 0 aliphatic carbocycles. The van der Waals surface area contributed by atoms with Gasteiger partial charge in [0, 0.05) is 19.2 Å². The molecule has 1 aromatic rings. The highest BCUT2D eigenvalue weighted by molar-refractivity contribution is 5.83. The number of carbonyl (C=O) groups excluding carboxylic acids is 1. The summed E-state index contributed by atoms with van der Waals surface area (Å²) in [6, 6.07) is 5.77. The molecule has 5 nitrogen and oxygen atoms in total. The Bertz CT molecular complexity index is 552. The molecule has 1 heterocycles. The van der Waals surface area contributed by atoms with Crippen LogP contribution < -0.4 is 15.4 Å². The van der Waals surface area contributed by atoms with Gasteiger partial charge >= 0.3 is 6.36 Å². The lowest BCUT2D eigenvalue weighted by Crippen LogP contribution is -2.50. The Balaban J connectivity index is 2.05. The van der Waals surface area contributed by atoms with Gasteiger partial charge in [-0.25, -0.2) is 0 Å². The summed E-state index contributed by atoms with van der Waals surface area (Å²) in [7, 11) is 1.53. The minimum Gasteiger partial charge on any atom is -0.405 e. The van der Waals surface area contributed by atoms with Gasteiger partial charge in [-0.2, -0.15) is 0 Å². The Morgan fingerprint density at radius 2 is 1.96 bits per heavy atom. The number of benzene rings is 1. The monoisotopic (exact) mass is 346 g/mol. The molecule has 0 bridgehead atoms. The van der Waals surface area contributed by atoms with Crippen molar-refractivity contribution in [2.45, 2.75) is 25.7 Å². The molecule has 24 heavy (non-hydrogen) atoms. The van der Waals surface area contributed by atoms with Crippen molar-refractivity contribution in [1.29, 1.82) is 0 Å². The number of para-hydroxylation sites is 1. The minimum atomic E-state index is -4.77. The fourth-order valence-corrected chi connectivity index (χ4v) is 2.86. The van der Waals surface area contributed by atoms with Crippen LogP contribution in [0.25, 0.3) is 0 Å². The molecule has 0 radical (unpaired) electrons. The number of methoxy groups -OCH3 is 1. The number of amides is 1. The van der Waals surface area contributed by atoms with Crippen molar-refractivity contribution in [3.63, 3.8) is 0 Å². The van der Waals surface area contributed by atoms with E-state index in [0.29, 0.717) is 25.9 Å². The molecular weight excluding hydrogens is 325 g/mol. The SMILES string of the molecule is COCC1(C(=O)NCc2ccccc2OC(F)(F)F)CCNCC1. The summed E-state index contributed by atoms with van der Waals surface area (Å²) in [6.45, 7) is 1.64. The highest BCUT2D eigenvalue weighted by Crippen LogP contribution is 2.30. The molecule has 1 saturated heterocycles. The van der Waals surface area contributed by atoms with Crippen LogP contribution in [0.15, 0.2) is 24.3 Å². The fraction of sp³-hybridized carbons (Fsp3) is 0.562. The molecule has 1 aliphatic rings. The van der Waals surface area contributed by atoms with E-state index in [2.05, 4.69) is 15.4 Å². The molecule has 0 atom stereocenters. The number of nitrogens with one attached hydrogen (secondary N) is 2. The average molecular weight is 346 g/mol. The highest BCUT2D eigenvalue weighted by Gasteiger charge is 2.39. The number of carbonyl (C=O) groups is 1. The lowest BCUT2D eigenvalue weighted by Gasteiger charge is -2.35. The molecule has 0 spiro atoms. The van der Waals surface area contributed by atoms with Gasteiger partial charge in [-0.05, 0) is 32.0 Å². The maximum absolute atomic E-state index is 12.6. The molecule has 1 amide bonds. The van der Waals surface area contributed by atoms with Crippen molar-refractivity contribution >= 4 is 5.91 Å². The first-order valence-electron chi connectivity index (χ1n) is 7.68. The van der Waals surface area contributed by atoms with E-state index in [0.717, 1.165) is 0 Å². The van der Waals surface area contributed by atoms with Crippen LogP contribution in [0, 0.1) is 5.41 Å². The van der Waals surface area contributed by atoms with E-state index in [1.807, 2.05) is 0 Å². The fourth-order valence-electron chi connectivity index (χ4n) is 2.86. The molecule has 0 unspecified atom stereocenters. The van der Waals surface area contributed by atoms with Crippen molar-refractivity contribution in [3.8, 4) is 5.75 Å². The number of hydrogen-bond donors (Lipinski definition) is 2. The zero-order valence-electron chi connectivity index (χ0n) is 13.4. The third-order valence-corrected chi connectivity index (χ3v) is 4.10. The first-order valence-corrected chi connectivity index (χ1v) is 7.68. The zero-order chi connectivity index (χ0) is 17.6. The van der Waals surface area contributed by atoms with Crippen LogP contribution in [0.1, 0.15) is 18.4 Å². The molecule has 1 aromatic carbocycles. The smallest absolute Gasteiger partial charge is 0.405 e. The minimum absolute atomic E-state index is 0.0377. The van der Waals surface area contributed by atoms with Gasteiger partial charge in [0.15, 0.2) is 0 Å². The van der Waals surface area contributed by atoms with Crippen molar-refractivity contribution in [2.24, 2.45) is 5.41 Å². The second kappa shape index (κ2) is 7.85. The number of ether oxygens (including phenoxy) is 2. The standard InChI is InChI=1S/C16H21F3N2O3/c1-23-11-15(6-8-20-9-7-15)14(22)21-10-12-4-2-3-5-13(12)24-16(17,18)19/h2-5,20H,6-11H2,1H3,(H,21,22). The molecule has 2 rings (SSSR count). The summed E-state index contributed by atoms with van der Waals surface area (Å²) in [6.07, 6.45) is -3.53. The lowest BCUT2D eigenvalue weighted by atomic mass is 9.78. The number of alkyl halides is 3. The first kappa shape index (κ1) is 18.5. The van der Waals surface area contributed by atoms with Crippen LogP contribution in [0.2, 0.25) is 0 Å². The maximum Gasteiger partial charge on any atom is 0.573 e. The Morgan fingerprint density at radius 1 is 1.29 bits per heavy atom. The van der Waals surface area contributed by atoms with E-state index in [1.54, 1.807) is 6.07 Å². The van der Waals surface area contributed by atoms with Gasteiger partial charge in [-0.1, -0.05) is 18.2 Å². The van der Waals surface area contributed by atoms with Gasteiger partial charge in [-0.15, -0.1) is 13.2 Å². The summed E-state index contributed by atoms with van der Waals surface area (Å²) in [5.74, 6) is -0.524. The van der Waals surface area contributed by atoms with Gasteiger partial charge in [0.25, 0.3) is 0 Å². The van der Waals surface area contributed by atoms with Crippen molar-refractivity contribution in [3.05, 3.63) is 29.8 Å². The molecular formula is C16H21F3N2O3. The number of halogens is 3. The van der Waals surface area contributed by atoms with Crippen LogP contribution in [-0.2, 0) is 16.1 Å². The molecule has 1 fully saturated rings. The van der Waals surface area contributed by atoms with Gasteiger partial charge in [0.1, 0.15) is 5.75 Å². The maximum atomic E-state index is 12.6. The van der Waals surface area contributed by atoms with E-state index < -0.39 is 11.8 Å². The van der Waals surface area contributed by atoms with Gasteiger partial charge in [0.2, 0.25) is 5.91 Å². The van der Waals surface area contributed by atoms with E-state index in [4.69, 9.17) is 4.74 Å². The zero-order valence-corrected chi connectivity index (χ0v) is 13.4. The normalized spacial score (nSPS) is 17.3. The second-order valence-corrected chi connectivity index (χ2v) is 5.80. The summed E-state index contributed by atoms with van der Waals surface area (Å²) >= 11 is 0. The van der Waals surface area contributed by atoms with Crippen molar-refractivity contribution in [2.75, 3.05) is 26.8 Å². The predicted octanol–water partition coefficient (Wildman–Crippen LogP) is 2.22. The Labute approximate surface area is 138 Å². The predicted molar refractivity (Wildman–Crippen MR) is 81.4 cm³/mol. The van der Waals surface area contributed by atoms with Crippen LogP contribution in [-0.4, -0.2) is 39.1 Å². The lowest BCUT2D eigenvalue weighted by molar-refractivity contribution is -0.274. The molecule has 2 N–H and O–H groups in total. The highest BCUT2D eigenvalue weighted by atomic mass is 19.4. The summed E-state index contributed by atoms with van der Waals surface area (Å²) < 4.78 is 46.5. The van der Waals surface area contributed by atoms with E-state index in [1.165, 1.54) is 25.3 Å². The molecule has 0 saturated carbocycles.